The summed E-state index contributed by atoms with van der Waals surface area (Å²) in [6, 6.07) is 8.45. The molecular formula is C19H17Cl2N3O6S. The molecule has 0 aliphatic carbocycles. The summed E-state index contributed by atoms with van der Waals surface area (Å²) in [6.07, 6.45) is 1.40. The van der Waals surface area contributed by atoms with Gasteiger partial charge < -0.3 is 10.5 Å². The molecule has 2 aromatic rings. The van der Waals surface area contributed by atoms with E-state index in [9.17, 15) is 22.8 Å². The molecule has 2 rings (SSSR count). The van der Waals surface area contributed by atoms with Crippen molar-refractivity contribution in [1.82, 2.24) is 5.32 Å². The second kappa shape index (κ2) is 10.3. The van der Waals surface area contributed by atoms with E-state index < -0.39 is 34.5 Å². The van der Waals surface area contributed by atoms with E-state index in [1.54, 1.807) is 5.32 Å². The van der Waals surface area contributed by atoms with E-state index in [0.717, 1.165) is 10.4 Å². The maximum absolute atomic E-state index is 13.2. The summed E-state index contributed by atoms with van der Waals surface area (Å²) in [5, 5.41) is 2.05. The van der Waals surface area contributed by atoms with Gasteiger partial charge in [-0.3, -0.25) is 14.4 Å². The van der Waals surface area contributed by atoms with Gasteiger partial charge in [-0.25, -0.2) is 18.0 Å². The van der Waals surface area contributed by atoms with Gasteiger partial charge in [0.05, 0.1) is 27.7 Å². The van der Waals surface area contributed by atoms with Crippen LogP contribution in [0.15, 0.2) is 60.0 Å². The zero-order valence-electron chi connectivity index (χ0n) is 15.9. The van der Waals surface area contributed by atoms with Crippen molar-refractivity contribution in [2.24, 2.45) is 5.73 Å². The quantitative estimate of drug-likeness (QED) is 0.435. The molecule has 2 aromatic carbocycles. The Kier molecular flexibility index (Phi) is 8.03. The standard InChI is InChI=1S/C19H17Cl2N3O6S/c1-2-9-24(13-5-3-12(20)4-6-13)31(28,29)14-7-8-16(21)15(10-14)18(26)30-11-17(25)23-19(22)27/h2-8,10H,1,9,11H2,(H3,22,23,25,27). The second-order valence-electron chi connectivity index (χ2n) is 5.93. The van der Waals surface area contributed by atoms with Gasteiger partial charge in [0.1, 0.15) is 0 Å². The van der Waals surface area contributed by atoms with Crippen LogP contribution in [0.3, 0.4) is 0 Å². The molecule has 12 heteroatoms. The lowest BCUT2D eigenvalue weighted by molar-refractivity contribution is -0.123. The number of esters is 1. The molecule has 164 valence electrons. The summed E-state index contributed by atoms with van der Waals surface area (Å²) in [4.78, 5) is 34.1. The molecule has 9 nitrogen and oxygen atoms in total. The van der Waals surface area contributed by atoms with Crippen LogP contribution >= 0.6 is 23.2 Å². The average molecular weight is 486 g/mol. The fourth-order valence-electron chi connectivity index (χ4n) is 2.40. The number of imide groups is 1. The third-order valence-electron chi connectivity index (χ3n) is 3.75. The average Bonchev–Trinajstić information content (AvgIpc) is 2.70. The molecule has 0 saturated carbocycles. The Labute approximate surface area is 188 Å². The number of nitrogens with zero attached hydrogens (tertiary/aromatic N) is 1. The fourth-order valence-corrected chi connectivity index (χ4v) is 4.18. The Bertz CT molecular complexity index is 1120. The van der Waals surface area contributed by atoms with Crippen molar-refractivity contribution in [3.8, 4) is 0 Å². The molecule has 31 heavy (non-hydrogen) atoms. The maximum Gasteiger partial charge on any atom is 0.340 e. The van der Waals surface area contributed by atoms with E-state index in [1.807, 2.05) is 0 Å². The second-order valence-corrected chi connectivity index (χ2v) is 8.64. The molecule has 0 fully saturated rings. The van der Waals surface area contributed by atoms with Gasteiger partial charge >= 0.3 is 12.0 Å². The number of halogens is 2. The molecule has 0 aliphatic rings. The lowest BCUT2D eigenvalue weighted by Crippen LogP contribution is -2.37. The summed E-state index contributed by atoms with van der Waals surface area (Å²) in [7, 11) is -4.14. The van der Waals surface area contributed by atoms with E-state index >= 15 is 0 Å². The minimum Gasteiger partial charge on any atom is -0.452 e. The fraction of sp³-hybridized carbons (Fsp3) is 0.105. The number of benzene rings is 2. The van der Waals surface area contributed by atoms with Crippen LogP contribution in [0.25, 0.3) is 0 Å². The summed E-state index contributed by atoms with van der Waals surface area (Å²) in [5.41, 5.74) is 4.83. The van der Waals surface area contributed by atoms with Gasteiger partial charge in [-0.1, -0.05) is 29.3 Å². The Balaban J connectivity index is 2.35. The minimum absolute atomic E-state index is 0.0559. The summed E-state index contributed by atoms with van der Waals surface area (Å²) >= 11 is 11.9. The van der Waals surface area contributed by atoms with Crippen molar-refractivity contribution >= 4 is 56.8 Å². The monoisotopic (exact) mass is 485 g/mol. The van der Waals surface area contributed by atoms with Gasteiger partial charge in [-0.05, 0) is 42.5 Å². The number of amides is 3. The minimum atomic E-state index is -4.14. The number of hydrogen-bond acceptors (Lipinski definition) is 6. The molecule has 3 amide bonds. The maximum atomic E-state index is 13.2. The van der Waals surface area contributed by atoms with Crippen molar-refractivity contribution in [3.63, 3.8) is 0 Å². The van der Waals surface area contributed by atoms with Crippen molar-refractivity contribution in [1.29, 1.82) is 0 Å². The first-order valence-corrected chi connectivity index (χ1v) is 10.7. The van der Waals surface area contributed by atoms with Crippen LogP contribution in [0.4, 0.5) is 10.5 Å². The van der Waals surface area contributed by atoms with E-state index in [4.69, 9.17) is 33.7 Å². The van der Waals surface area contributed by atoms with Gasteiger partial charge in [-0.2, -0.15) is 0 Å². The zero-order valence-corrected chi connectivity index (χ0v) is 18.2. The van der Waals surface area contributed by atoms with Crippen LogP contribution in [0.5, 0.6) is 0 Å². The Morgan fingerprint density at radius 3 is 2.35 bits per heavy atom. The van der Waals surface area contributed by atoms with Gasteiger partial charge in [0, 0.05) is 5.02 Å². The van der Waals surface area contributed by atoms with Gasteiger partial charge in [-0.15, -0.1) is 6.58 Å². The van der Waals surface area contributed by atoms with Gasteiger partial charge in [0.25, 0.3) is 15.9 Å². The highest BCUT2D eigenvalue weighted by Gasteiger charge is 2.26. The number of hydrogen-bond donors (Lipinski definition) is 2. The largest absolute Gasteiger partial charge is 0.452 e. The number of urea groups is 1. The van der Waals surface area contributed by atoms with Crippen LogP contribution in [-0.4, -0.2) is 39.5 Å². The number of carbonyl (C=O) groups excluding carboxylic acids is 3. The molecule has 0 aromatic heterocycles. The predicted molar refractivity (Wildman–Crippen MR) is 116 cm³/mol. The molecule has 0 heterocycles. The number of rotatable bonds is 8. The molecule has 3 N–H and O–H groups in total. The number of nitrogens with two attached hydrogens (primary N) is 1. The number of sulfonamides is 1. The number of primary amides is 1. The Morgan fingerprint density at radius 2 is 1.77 bits per heavy atom. The third kappa shape index (κ3) is 6.20. The number of nitrogens with one attached hydrogen (secondary N) is 1. The number of anilines is 1. The van der Waals surface area contributed by atoms with Crippen molar-refractivity contribution in [2.75, 3.05) is 17.5 Å². The van der Waals surface area contributed by atoms with Crippen LogP contribution < -0.4 is 15.4 Å². The highest BCUT2D eigenvalue weighted by atomic mass is 35.5. The first-order chi connectivity index (χ1) is 14.6. The highest BCUT2D eigenvalue weighted by Crippen LogP contribution is 2.28. The van der Waals surface area contributed by atoms with E-state index in [2.05, 4.69) is 6.58 Å². The Hall–Kier alpha value is -3.08. The summed E-state index contributed by atoms with van der Waals surface area (Å²) in [5.74, 6) is -2.02. The lowest BCUT2D eigenvalue weighted by Gasteiger charge is -2.23. The smallest absolute Gasteiger partial charge is 0.340 e. The SMILES string of the molecule is C=CCN(c1ccc(Cl)cc1)S(=O)(=O)c1ccc(Cl)c(C(=O)OCC(=O)NC(N)=O)c1. The van der Waals surface area contributed by atoms with E-state index in [-0.39, 0.29) is 22.0 Å². The zero-order chi connectivity index (χ0) is 23.2. The first kappa shape index (κ1) is 24.2. The highest BCUT2D eigenvalue weighted by molar-refractivity contribution is 7.92. The first-order valence-electron chi connectivity index (χ1n) is 8.51. The number of ether oxygens (including phenoxy) is 1. The summed E-state index contributed by atoms with van der Waals surface area (Å²) < 4.78 is 32.3. The topological polar surface area (TPSA) is 136 Å². The molecule has 0 radical (unpaired) electrons. The van der Waals surface area contributed by atoms with Crippen LogP contribution in [0, 0.1) is 0 Å². The predicted octanol–water partition coefficient (Wildman–Crippen LogP) is 2.73. The molecule has 0 aliphatic heterocycles. The van der Waals surface area contributed by atoms with Crippen LogP contribution in [0.1, 0.15) is 10.4 Å². The van der Waals surface area contributed by atoms with Crippen LogP contribution in [-0.2, 0) is 19.6 Å². The van der Waals surface area contributed by atoms with E-state index in [0.29, 0.717) is 10.7 Å². The molecular weight excluding hydrogens is 469 g/mol. The summed E-state index contributed by atoms with van der Waals surface area (Å²) in [6.45, 7) is 2.70. The van der Waals surface area contributed by atoms with Gasteiger partial charge in [0.2, 0.25) is 0 Å². The van der Waals surface area contributed by atoms with Gasteiger partial charge in [0.15, 0.2) is 6.61 Å². The normalized spacial score (nSPS) is 10.8. The Morgan fingerprint density at radius 1 is 1.13 bits per heavy atom. The van der Waals surface area contributed by atoms with Crippen molar-refractivity contribution in [3.05, 3.63) is 70.7 Å². The lowest BCUT2D eigenvalue weighted by atomic mass is 10.2. The van der Waals surface area contributed by atoms with Crippen LogP contribution in [0.2, 0.25) is 10.0 Å². The molecule has 0 saturated heterocycles. The molecule has 0 atom stereocenters. The van der Waals surface area contributed by atoms with Crippen molar-refractivity contribution in [2.45, 2.75) is 4.90 Å². The number of carbonyl (C=O) groups is 3. The molecule has 0 unspecified atom stereocenters. The van der Waals surface area contributed by atoms with Crippen molar-refractivity contribution < 1.29 is 27.5 Å². The molecule has 0 spiro atoms. The van der Waals surface area contributed by atoms with E-state index in [1.165, 1.54) is 42.5 Å². The third-order valence-corrected chi connectivity index (χ3v) is 6.12. The molecule has 0 bridgehead atoms.